The highest BCUT2D eigenvalue weighted by molar-refractivity contribution is 7.92. The van der Waals surface area contributed by atoms with E-state index >= 15 is 0 Å². The van der Waals surface area contributed by atoms with Crippen molar-refractivity contribution in [1.82, 2.24) is 5.32 Å². The minimum absolute atomic E-state index is 0.0739. The van der Waals surface area contributed by atoms with Gasteiger partial charge in [0.15, 0.2) is 0 Å². The maximum Gasteiger partial charge on any atom is 0.264 e. The standard InChI is InChI=1S/C22H20Cl2N2O4S/c23-17-7-6-8-18(15-17)26(31(28,29)19-9-2-1-3-10-19)16-22(27)25-13-14-30-21-12-5-4-11-20(21)24/h1-12,15H,13-14,16H2,(H,25,27). The quantitative estimate of drug-likeness (QED) is 0.462. The second-order valence-electron chi connectivity index (χ2n) is 6.43. The largest absolute Gasteiger partial charge is 0.490 e. The number of para-hydroxylation sites is 1. The highest BCUT2D eigenvalue weighted by Crippen LogP contribution is 2.26. The number of halogens is 2. The van der Waals surface area contributed by atoms with E-state index < -0.39 is 22.5 Å². The maximum atomic E-state index is 13.2. The number of sulfonamides is 1. The molecule has 3 aromatic carbocycles. The molecule has 0 aliphatic carbocycles. The molecular formula is C22H20Cl2N2O4S. The van der Waals surface area contributed by atoms with Gasteiger partial charge in [-0.05, 0) is 42.5 Å². The number of hydrogen-bond acceptors (Lipinski definition) is 4. The number of carbonyl (C=O) groups excluding carboxylic acids is 1. The Morgan fingerprint density at radius 2 is 1.65 bits per heavy atom. The Bertz CT molecular complexity index is 1140. The van der Waals surface area contributed by atoms with Crippen molar-refractivity contribution in [2.24, 2.45) is 0 Å². The van der Waals surface area contributed by atoms with Gasteiger partial charge in [0.1, 0.15) is 18.9 Å². The lowest BCUT2D eigenvalue weighted by Crippen LogP contribution is -2.41. The summed E-state index contributed by atoms with van der Waals surface area (Å²) in [6, 6.07) is 21.2. The number of amides is 1. The lowest BCUT2D eigenvalue weighted by atomic mass is 10.3. The van der Waals surface area contributed by atoms with Gasteiger partial charge in [-0.1, -0.05) is 59.6 Å². The van der Waals surface area contributed by atoms with E-state index in [9.17, 15) is 13.2 Å². The molecule has 0 fully saturated rings. The summed E-state index contributed by atoms with van der Waals surface area (Å²) >= 11 is 12.1. The molecule has 3 rings (SSSR count). The first-order valence-corrected chi connectivity index (χ1v) is 11.5. The summed E-state index contributed by atoms with van der Waals surface area (Å²) in [5.41, 5.74) is 0.291. The third kappa shape index (κ3) is 6.13. The molecule has 0 heterocycles. The van der Waals surface area contributed by atoms with E-state index in [2.05, 4.69) is 5.32 Å². The van der Waals surface area contributed by atoms with Crippen LogP contribution in [0, 0.1) is 0 Å². The van der Waals surface area contributed by atoms with E-state index in [4.69, 9.17) is 27.9 Å². The van der Waals surface area contributed by atoms with Crippen LogP contribution in [-0.2, 0) is 14.8 Å². The van der Waals surface area contributed by atoms with Crippen LogP contribution in [0.3, 0.4) is 0 Å². The third-order valence-corrected chi connectivity index (χ3v) is 6.57. The van der Waals surface area contributed by atoms with Crippen molar-refractivity contribution in [3.05, 3.63) is 88.9 Å². The Labute approximate surface area is 191 Å². The Morgan fingerprint density at radius 1 is 0.935 bits per heavy atom. The molecule has 1 amide bonds. The number of anilines is 1. The maximum absolute atomic E-state index is 13.2. The average Bonchev–Trinajstić information content (AvgIpc) is 2.76. The van der Waals surface area contributed by atoms with Gasteiger partial charge in [0.2, 0.25) is 5.91 Å². The topological polar surface area (TPSA) is 75.7 Å². The van der Waals surface area contributed by atoms with Gasteiger partial charge in [0.05, 0.1) is 22.2 Å². The molecule has 6 nitrogen and oxygen atoms in total. The van der Waals surface area contributed by atoms with E-state index in [0.29, 0.717) is 21.5 Å². The second-order valence-corrected chi connectivity index (χ2v) is 9.14. The summed E-state index contributed by atoms with van der Waals surface area (Å²) in [5.74, 6) is 0.0212. The van der Waals surface area contributed by atoms with Crippen LogP contribution in [0.1, 0.15) is 0 Å². The molecule has 0 bridgehead atoms. The van der Waals surface area contributed by atoms with Crippen molar-refractivity contribution >= 4 is 44.8 Å². The van der Waals surface area contributed by atoms with Crippen LogP contribution in [0.15, 0.2) is 83.8 Å². The first kappa shape index (κ1) is 22.9. The van der Waals surface area contributed by atoms with Crippen molar-refractivity contribution in [2.75, 3.05) is 24.0 Å². The van der Waals surface area contributed by atoms with Gasteiger partial charge in [0.25, 0.3) is 10.0 Å². The number of carbonyl (C=O) groups is 1. The molecule has 0 saturated carbocycles. The first-order chi connectivity index (χ1) is 14.9. The van der Waals surface area contributed by atoms with Crippen molar-refractivity contribution < 1.29 is 17.9 Å². The molecule has 0 aromatic heterocycles. The molecule has 9 heteroatoms. The lowest BCUT2D eigenvalue weighted by molar-refractivity contribution is -0.119. The molecule has 0 spiro atoms. The smallest absolute Gasteiger partial charge is 0.264 e. The molecule has 0 unspecified atom stereocenters. The van der Waals surface area contributed by atoms with E-state index in [-0.39, 0.29) is 18.0 Å². The fourth-order valence-electron chi connectivity index (χ4n) is 2.77. The molecule has 0 aliphatic heterocycles. The summed E-state index contributed by atoms with van der Waals surface area (Å²) in [6.07, 6.45) is 0. The Kier molecular flexibility index (Phi) is 7.79. The zero-order chi connectivity index (χ0) is 22.3. The normalized spacial score (nSPS) is 11.0. The van der Waals surface area contributed by atoms with Gasteiger partial charge in [0, 0.05) is 5.02 Å². The molecule has 0 aliphatic rings. The van der Waals surface area contributed by atoms with E-state index in [1.54, 1.807) is 60.7 Å². The monoisotopic (exact) mass is 478 g/mol. The van der Waals surface area contributed by atoms with Gasteiger partial charge in [-0.3, -0.25) is 9.10 Å². The summed E-state index contributed by atoms with van der Waals surface area (Å²) in [7, 11) is -3.98. The molecule has 31 heavy (non-hydrogen) atoms. The SMILES string of the molecule is O=C(CN(c1cccc(Cl)c1)S(=O)(=O)c1ccccc1)NCCOc1ccccc1Cl. The van der Waals surface area contributed by atoms with Crippen molar-refractivity contribution in [3.63, 3.8) is 0 Å². The van der Waals surface area contributed by atoms with Crippen LogP contribution < -0.4 is 14.4 Å². The highest BCUT2D eigenvalue weighted by atomic mass is 35.5. The molecule has 1 N–H and O–H groups in total. The second kappa shape index (κ2) is 10.5. The number of benzene rings is 3. The lowest BCUT2D eigenvalue weighted by Gasteiger charge is -2.24. The first-order valence-electron chi connectivity index (χ1n) is 9.35. The van der Waals surface area contributed by atoms with Crippen LogP contribution in [0.4, 0.5) is 5.69 Å². The molecule has 162 valence electrons. The fraction of sp³-hybridized carbons (Fsp3) is 0.136. The van der Waals surface area contributed by atoms with E-state index in [1.807, 2.05) is 0 Å². The van der Waals surface area contributed by atoms with Gasteiger partial charge >= 0.3 is 0 Å². The summed E-state index contributed by atoms with van der Waals surface area (Å²) in [5, 5.41) is 3.49. The molecule has 3 aromatic rings. The van der Waals surface area contributed by atoms with Gasteiger partial charge in [-0.25, -0.2) is 8.42 Å². The molecule has 0 saturated heterocycles. The van der Waals surface area contributed by atoms with Crippen molar-refractivity contribution in [3.8, 4) is 5.75 Å². The van der Waals surface area contributed by atoms with Gasteiger partial charge < -0.3 is 10.1 Å². The zero-order valence-corrected chi connectivity index (χ0v) is 18.7. The Balaban J connectivity index is 1.70. The number of nitrogens with one attached hydrogen (secondary N) is 1. The number of rotatable bonds is 9. The minimum atomic E-state index is -3.98. The van der Waals surface area contributed by atoms with Crippen molar-refractivity contribution in [1.29, 1.82) is 0 Å². The number of hydrogen-bond donors (Lipinski definition) is 1. The van der Waals surface area contributed by atoms with E-state index in [1.165, 1.54) is 18.2 Å². The summed E-state index contributed by atoms with van der Waals surface area (Å²) in [6.45, 7) is -0.0550. The zero-order valence-electron chi connectivity index (χ0n) is 16.4. The van der Waals surface area contributed by atoms with E-state index in [0.717, 1.165) is 4.31 Å². The predicted octanol–water partition coefficient (Wildman–Crippen LogP) is 4.38. The van der Waals surface area contributed by atoms with Crippen molar-refractivity contribution in [2.45, 2.75) is 4.90 Å². The molecule has 0 atom stereocenters. The molecule has 0 radical (unpaired) electrons. The highest BCUT2D eigenvalue weighted by Gasteiger charge is 2.27. The van der Waals surface area contributed by atoms with Crippen LogP contribution in [0.25, 0.3) is 0 Å². The number of ether oxygens (including phenoxy) is 1. The Morgan fingerprint density at radius 3 is 2.35 bits per heavy atom. The fourth-order valence-corrected chi connectivity index (χ4v) is 4.57. The average molecular weight is 479 g/mol. The third-order valence-electron chi connectivity index (χ3n) is 4.23. The molecular weight excluding hydrogens is 459 g/mol. The van der Waals surface area contributed by atoms with Crippen LogP contribution >= 0.6 is 23.2 Å². The van der Waals surface area contributed by atoms with Gasteiger partial charge in [-0.15, -0.1) is 0 Å². The predicted molar refractivity (Wildman–Crippen MR) is 122 cm³/mol. The van der Waals surface area contributed by atoms with Crippen LogP contribution in [-0.4, -0.2) is 34.0 Å². The van der Waals surface area contributed by atoms with Crippen LogP contribution in [0.5, 0.6) is 5.75 Å². The van der Waals surface area contributed by atoms with Gasteiger partial charge in [-0.2, -0.15) is 0 Å². The minimum Gasteiger partial charge on any atom is -0.490 e. The summed E-state index contributed by atoms with van der Waals surface area (Å²) < 4.78 is 33.0. The Hall–Kier alpha value is -2.74. The number of nitrogens with zero attached hydrogens (tertiary/aromatic N) is 1. The summed E-state index contributed by atoms with van der Waals surface area (Å²) in [4.78, 5) is 12.6. The van der Waals surface area contributed by atoms with Crippen LogP contribution in [0.2, 0.25) is 10.0 Å².